The number of aliphatic carboxylic acids is 1. The summed E-state index contributed by atoms with van der Waals surface area (Å²) in [6.45, 7) is 2.61. The highest BCUT2D eigenvalue weighted by atomic mass is 16.4. The fourth-order valence-corrected chi connectivity index (χ4v) is 2.22. The standard InChI is InChI=1S/C17H25N3O4/c1-3-11-20(13-16(22)23)15(21)9-10-18-17(24)19(2)12-14-7-5-4-6-8-14/h4-8H,3,9-13H2,1-2H3,(H,18,24)(H,22,23). The van der Waals surface area contributed by atoms with Crippen molar-refractivity contribution in [3.8, 4) is 0 Å². The van der Waals surface area contributed by atoms with Crippen molar-refractivity contribution in [2.75, 3.05) is 26.7 Å². The fourth-order valence-electron chi connectivity index (χ4n) is 2.22. The Morgan fingerprint density at radius 2 is 1.83 bits per heavy atom. The Morgan fingerprint density at radius 3 is 2.42 bits per heavy atom. The number of carbonyl (C=O) groups is 3. The van der Waals surface area contributed by atoms with E-state index in [1.54, 1.807) is 7.05 Å². The Morgan fingerprint density at radius 1 is 1.17 bits per heavy atom. The monoisotopic (exact) mass is 335 g/mol. The minimum Gasteiger partial charge on any atom is -0.480 e. The molecule has 0 atom stereocenters. The van der Waals surface area contributed by atoms with E-state index in [1.165, 1.54) is 9.80 Å². The van der Waals surface area contributed by atoms with Crippen LogP contribution in [0.5, 0.6) is 0 Å². The Labute approximate surface area is 142 Å². The number of benzene rings is 1. The first-order chi connectivity index (χ1) is 11.4. The van der Waals surface area contributed by atoms with Crippen LogP contribution in [0.3, 0.4) is 0 Å². The topological polar surface area (TPSA) is 90.0 Å². The van der Waals surface area contributed by atoms with Crippen LogP contribution in [0.2, 0.25) is 0 Å². The van der Waals surface area contributed by atoms with Gasteiger partial charge in [0.05, 0.1) is 0 Å². The van der Waals surface area contributed by atoms with Gasteiger partial charge in [0.25, 0.3) is 0 Å². The smallest absolute Gasteiger partial charge is 0.323 e. The van der Waals surface area contributed by atoms with Gasteiger partial charge in [0, 0.05) is 33.1 Å². The summed E-state index contributed by atoms with van der Waals surface area (Å²) < 4.78 is 0. The minimum absolute atomic E-state index is 0.0815. The number of hydrogen-bond donors (Lipinski definition) is 2. The van der Waals surface area contributed by atoms with Gasteiger partial charge in [-0.15, -0.1) is 0 Å². The lowest BCUT2D eigenvalue weighted by Crippen LogP contribution is -2.41. The molecule has 132 valence electrons. The summed E-state index contributed by atoms with van der Waals surface area (Å²) >= 11 is 0. The summed E-state index contributed by atoms with van der Waals surface area (Å²) in [4.78, 5) is 37.6. The second-order valence-electron chi connectivity index (χ2n) is 5.53. The van der Waals surface area contributed by atoms with Gasteiger partial charge in [-0.2, -0.15) is 0 Å². The number of rotatable bonds is 9. The van der Waals surface area contributed by atoms with E-state index in [-0.39, 0.29) is 31.4 Å². The summed E-state index contributed by atoms with van der Waals surface area (Å²) in [5, 5.41) is 11.5. The predicted molar refractivity (Wildman–Crippen MR) is 90.4 cm³/mol. The first kappa shape index (κ1) is 19.5. The van der Waals surface area contributed by atoms with Gasteiger partial charge in [0.15, 0.2) is 0 Å². The van der Waals surface area contributed by atoms with Crippen LogP contribution in [0.1, 0.15) is 25.3 Å². The summed E-state index contributed by atoms with van der Waals surface area (Å²) in [7, 11) is 1.68. The van der Waals surface area contributed by atoms with Crippen molar-refractivity contribution in [1.29, 1.82) is 0 Å². The van der Waals surface area contributed by atoms with Gasteiger partial charge >= 0.3 is 12.0 Å². The van der Waals surface area contributed by atoms with E-state index in [2.05, 4.69) is 5.32 Å². The second kappa shape index (κ2) is 10.3. The van der Waals surface area contributed by atoms with Crippen molar-refractivity contribution in [3.63, 3.8) is 0 Å². The first-order valence-electron chi connectivity index (χ1n) is 7.96. The van der Waals surface area contributed by atoms with E-state index in [9.17, 15) is 14.4 Å². The molecule has 0 aliphatic carbocycles. The fraction of sp³-hybridized carbons (Fsp3) is 0.471. The summed E-state index contributed by atoms with van der Waals surface area (Å²) in [5.41, 5.74) is 1.02. The summed E-state index contributed by atoms with van der Waals surface area (Å²) in [6, 6.07) is 9.32. The number of carboxylic acid groups (broad SMARTS) is 1. The molecule has 1 aromatic rings. The zero-order valence-electron chi connectivity index (χ0n) is 14.2. The lowest BCUT2D eigenvalue weighted by Gasteiger charge is -2.21. The van der Waals surface area contributed by atoms with Crippen molar-refractivity contribution in [3.05, 3.63) is 35.9 Å². The second-order valence-corrected chi connectivity index (χ2v) is 5.53. The maximum absolute atomic E-state index is 12.0. The molecule has 3 amide bonds. The highest BCUT2D eigenvalue weighted by Gasteiger charge is 2.16. The van der Waals surface area contributed by atoms with Crippen LogP contribution in [0, 0.1) is 0 Å². The molecule has 7 nitrogen and oxygen atoms in total. The van der Waals surface area contributed by atoms with Gasteiger partial charge in [-0.05, 0) is 12.0 Å². The Balaban J connectivity index is 2.37. The van der Waals surface area contributed by atoms with Crippen LogP contribution in [-0.4, -0.2) is 59.5 Å². The molecular formula is C17H25N3O4. The average molecular weight is 335 g/mol. The van der Waals surface area contributed by atoms with Gasteiger partial charge in [-0.1, -0.05) is 37.3 Å². The van der Waals surface area contributed by atoms with Gasteiger partial charge in [0.1, 0.15) is 6.54 Å². The zero-order valence-corrected chi connectivity index (χ0v) is 14.2. The number of carbonyl (C=O) groups excluding carboxylic acids is 2. The van der Waals surface area contributed by atoms with Crippen LogP contribution in [0.15, 0.2) is 30.3 Å². The lowest BCUT2D eigenvalue weighted by molar-refractivity contribution is -0.144. The van der Waals surface area contributed by atoms with Gasteiger partial charge in [0.2, 0.25) is 5.91 Å². The van der Waals surface area contributed by atoms with Crippen LogP contribution in [-0.2, 0) is 16.1 Å². The number of nitrogens with one attached hydrogen (secondary N) is 1. The quantitative estimate of drug-likeness (QED) is 0.716. The van der Waals surface area contributed by atoms with Gasteiger partial charge in [-0.25, -0.2) is 4.79 Å². The molecule has 0 aromatic heterocycles. The van der Waals surface area contributed by atoms with Crippen molar-refractivity contribution in [2.45, 2.75) is 26.3 Å². The molecule has 0 bridgehead atoms. The molecule has 24 heavy (non-hydrogen) atoms. The van der Waals surface area contributed by atoms with Gasteiger partial charge < -0.3 is 20.2 Å². The largest absolute Gasteiger partial charge is 0.480 e. The Hall–Kier alpha value is -2.57. The van der Waals surface area contributed by atoms with E-state index in [4.69, 9.17) is 5.11 Å². The molecule has 1 rings (SSSR count). The normalized spacial score (nSPS) is 10.1. The molecule has 2 N–H and O–H groups in total. The van der Waals surface area contributed by atoms with Crippen LogP contribution in [0.4, 0.5) is 4.79 Å². The lowest BCUT2D eigenvalue weighted by atomic mass is 10.2. The maximum atomic E-state index is 12.0. The van der Waals surface area contributed by atoms with E-state index >= 15 is 0 Å². The third kappa shape index (κ3) is 7.13. The van der Waals surface area contributed by atoms with Crippen molar-refractivity contribution in [2.24, 2.45) is 0 Å². The number of carboxylic acids is 1. The third-order valence-corrected chi connectivity index (χ3v) is 3.40. The molecular weight excluding hydrogens is 310 g/mol. The molecule has 0 spiro atoms. The van der Waals surface area contributed by atoms with Crippen LogP contribution in [0.25, 0.3) is 0 Å². The number of nitrogens with zero attached hydrogens (tertiary/aromatic N) is 2. The van der Waals surface area contributed by atoms with Crippen LogP contribution < -0.4 is 5.32 Å². The molecule has 1 aromatic carbocycles. The Bertz CT molecular complexity index is 548. The average Bonchev–Trinajstić information content (AvgIpc) is 2.54. The number of amides is 3. The molecule has 0 heterocycles. The molecule has 0 aliphatic rings. The molecule has 0 fully saturated rings. The number of hydrogen-bond acceptors (Lipinski definition) is 3. The van der Waals surface area contributed by atoms with E-state index in [1.807, 2.05) is 37.3 Å². The van der Waals surface area contributed by atoms with E-state index in [0.717, 1.165) is 5.56 Å². The van der Waals surface area contributed by atoms with Crippen molar-refractivity contribution >= 4 is 17.9 Å². The van der Waals surface area contributed by atoms with Gasteiger partial charge in [-0.3, -0.25) is 9.59 Å². The van der Waals surface area contributed by atoms with Crippen molar-refractivity contribution < 1.29 is 19.5 Å². The molecule has 0 radical (unpaired) electrons. The summed E-state index contributed by atoms with van der Waals surface area (Å²) in [5.74, 6) is -1.31. The highest BCUT2D eigenvalue weighted by Crippen LogP contribution is 2.02. The number of urea groups is 1. The molecule has 0 aliphatic heterocycles. The van der Waals surface area contributed by atoms with Crippen LogP contribution >= 0.6 is 0 Å². The first-order valence-corrected chi connectivity index (χ1v) is 7.96. The Kier molecular flexibility index (Phi) is 8.32. The van der Waals surface area contributed by atoms with Crippen molar-refractivity contribution in [1.82, 2.24) is 15.1 Å². The molecule has 0 saturated carbocycles. The maximum Gasteiger partial charge on any atom is 0.323 e. The molecule has 7 heteroatoms. The SMILES string of the molecule is CCCN(CC(=O)O)C(=O)CCNC(=O)N(C)Cc1ccccc1. The van der Waals surface area contributed by atoms with E-state index < -0.39 is 5.97 Å². The zero-order chi connectivity index (χ0) is 17.9. The predicted octanol–water partition coefficient (Wildman–Crippen LogP) is 1.54. The highest BCUT2D eigenvalue weighted by molar-refractivity contribution is 5.82. The minimum atomic E-state index is -1.04. The third-order valence-electron chi connectivity index (χ3n) is 3.40. The van der Waals surface area contributed by atoms with E-state index in [0.29, 0.717) is 19.5 Å². The molecule has 0 unspecified atom stereocenters. The summed E-state index contributed by atoms with van der Waals surface area (Å²) in [6.07, 6.45) is 0.767. The molecule has 0 saturated heterocycles.